The van der Waals surface area contributed by atoms with E-state index in [1.807, 2.05) is 24.3 Å². The zero-order valence-electron chi connectivity index (χ0n) is 18.9. The van der Waals surface area contributed by atoms with Gasteiger partial charge in [-0.3, -0.25) is 0 Å². The standard InChI is InChI=1S/C27H24O7/c1-30-15-18-5-3-4-17(12-18)13-22-25(19-6-11-23-24(14-19)33-16-32-23)26(28)34-27(22,29)20-7-9-21(31-2)10-8-20/h3-12,14,29H,13,15-16H2,1-2H3. The lowest BCUT2D eigenvalue weighted by molar-refractivity contribution is -0.185. The number of ether oxygens (including phenoxy) is 5. The number of benzene rings is 3. The lowest BCUT2D eigenvalue weighted by atomic mass is 9.87. The maximum atomic E-state index is 13.2. The van der Waals surface area contributed by atoms with Gasteiger partial charge in [-0.25, -0.2) is 4.79 Å². The van der Waals surface area contributed by atoms with Gasteiger partial charge in [0.05, 0.1) is 19.3 Å². The second kappa shape index (κ2) is 8.85. The third-order valence-corrected chi connectivity index (χ3v) is 5.98. The van der Waals surface area contributed by atoms with Crippen molar-refractivity contribution in [2.75, 3.05) is 21.0 Å². The van der Waals surface area contributed by atoms with Crippen molar-refractivity contribution in [3.05, 3.63) is 94.6 Å². The van der Waals surface area contributed by atoms with Crippen LogP contribution in [0, 0.1) is 0 Å². The Bertz CT molecular complexity index is 1260. The third kappa shape index (κ3) is 3.89. The number of carbonyl (C=O) groups is 1. The van der Waals surface area contributed by atoms with Gasteiger partial charge in [0.2, 0.25) is 6.79 Å². The molecule has 0 amide bonds. The van der Waals surface area contributed by atoms with E-state index >= 15 is 0 Å². The number of esters is 1. The van der Waals surface area contributed by atoms with Crippen LogP contribution in [0.25, 0.3) is 5.57 Å². The van der Waals surface area contributed by atoms with Crippen molar-refractivity contribution in [3.63, 3.8) is 0 Å². The van der Waals surface area contributed by atoms with Gasteiger partial charge in [-0.1, -0.05) is 30.3 Å². The minimum absolute atomic E-state index is 0.122. The molecule has 0 saturated carbocycles. The first-order valence-electron chi connectivity index (χ1n) is 10.8. The minimum atomic E-state index is -1.94. The first-order chi connectivity index (χ1) is 16.5. The van der Waals surface area contributed by atoms with Crippen LogP contribution >= 0.6 is 0 Å². The smallest absolute Gasteiger partial charge is 0.342 e. The Hall–Kier alpha value is -3.81. The van der Waals surface area contributed by atoms with Gasteiger partial charge in [-0.2, -0.15) is 0 Å². The molecule has 0 aromatic heterocycles. The highest BCUT2D eigenvalue weighted by atomic mass is 16.7. The Balaban J connectivity index is 1.64. The molecule has 34 heavy (non-hydrogen) atoms. The van der Waals surface area contributed by atoms with Gasteiger partial charge in [0.1, 0.15) is 5.75 Å². The molecule has 2 aliphatic rings. The molecule has 0 spiro atoms. The maximum absolute atomic E-state index is 13.2. The van der Waals surface area contributed by atoms with Gasteiger partial charge in [0.25, 0.3) is 5.79 Å². The fourth-order valence-electron chi connectivity index (χ4n) is 4.34. The summed E-state index contributed by atoms with van der Waals surface area (Å²) in [6.45, 7) is 0.581. The van der Waals surface area contributed by atoms with Crippen molar-refractivity contribution in [1.82, 2.24) is 0 Å². The number of fused-ring (bicyclic) bond motifs is 1. The van der Waals surface area contributed by atoms with E-state index < -0.39 is 11.8 Å². The Labute approximate surface area is 197 Å². The molecule has 5 rings (SSSR count). The Kier molecular flexibility index (Phi) is 5.73. The average molecular weight is 460 g/mol. The summed E-state index contributed by atoms with van der Waals surface area (Å²) in [7, 11) is 3.20. The zero-order valence-corrected chi connectivity index (χ0v) is 18.9. The van der Waals surface area contributed by atoms with E-state index in [2.05, 4.69) is 0 Å². The Morgan fingerprint density at radius 2 is 1.71 bits per heavy atom. The van der Waals surface area contributed by atoms with E-state index in [0.717, 1.165) is 11.1 Å². The topological polar surface area (TPSA) is 83.5 Å². The van der Waals surface area contributed by atoms with E-state index in [0.29, 0.717) is 46.1 Å². The van der Waals surface area contributed by atoms with Crippen molar-refractivity contribution >= 4 is 11.5 Å². The fourth-order valence-corrected chi connectivity index (χ4v) is 4.34. The quantitative estimate of drug-likeness (QED) is 0.534. The molecule has 7 nitrogen and oxygen atoms in total. The summed E-state index contributed by atoms with van der Waals surface area (Å²) in [6, 6.07) is 19.9. The van der Waals surface area contributed by atoms with E-state index in [-0.39, 0.29) is 13.2 Å². The number of cyclic esters (lactones) is 1. The SMILES string of the molecule is COCc1cccc(CC2=C(c3ccc4c(c3)OCO4)C(=O)OC2(O)c2ccc(OC)cc2)c1. The highest BCUT2D eigenvalue weighted by molar-refractivity contribution is 6.20. The molecule has 2 heterocycles. The van der Waals surface area contributed by atoms with Gasteiger partial charge in [-0.05, 0) is 53.1 Å². The van der Waals surface area contributed by atoms with Gasteiger partial charge in [-0.15, -0.1) is 0 Å². The highest BCUT2D eigenvalue weighted by Crippen LogP contribution is 2.46. The van der Waals surface area contributed by atoms with Crippen molar-refractivity contribution in [2.45, 2.75) is 18.8 Å². The van der Waals surface area contributed by atoms with Crippen LogP contribution in [-0.2, 0) is 33.1 Å². The van der Waals surface area contributed by atoms with Gasteiger partial charge in [0, 0.05) is 24.7 Å². The van der Waals surface area contributed by atoms with Crippen LogP contribution in [0.4, 0.5) is 0 Å². The highest BCUT2D eigenvalue weighted by Gasteiger charge is 2.48. The van der Waals surface area contributed by atoms with Crippen LogP contribution in [0.2, 0.25) is 0 Å². The van der Waals surface area contributed by atoms with Crippen LogP contribution in [0.5, 0.6) is 17.2 Å². The van der Waals surface area contributed by atoms with Crippen LogP contribution in [0.1, 0.15) is 22.3 Å². The van der Waals surface area contributed by atoms with E-state index in [1.165, 1.54) is 0 Å². The van der Waals surface area contributed by atoms with Crippen LogP contribution < -0.4 is 14.2 Å². The first kappa shape index (κ1) is 22.0. The van der Waals surface area contributed by atoms with Gasteiger partial charge in [0.15, 0.2) is 11.5 Å². The summed E-state index contributed by atoms with van der Waals surface area (Å²) in [5.74, 6) is -0.772. The molecule has 0 radical (unpaired) electrons. The maximum Gasteiger partial charge on any atom is 0.342 e. The normalized spacial score (nSPS) is 18.9. The molecular formula is C27H24O7. The van der Waals surface area contributed by atoms with E-state index in [9.17, 15) is 9.90 Å². The molecule has 3 aromatic rings. The number of carbonyl (C=O) groups excluding carboxylic acids is 1. The van der Waals surface area contributed by atoms with Gasteiger partial charge >= 0.3 is 5.97 Å². The summed E-state index contributed by atoms with van der Waals surface area (Å²) in [4.78, 5) is 13.2. The Morgan fingerprint density at radius 1 is 0.941 bits per heavy atom. The van der Waals surface area contributed by atoms with Crippen molar-refractivity contribution in [3.8, 4) is 17.2 Å². The molecule has 0 saturated heterocycles. The average Bonchev–Trinajstić information content (AvgIpc) is 3.41. The first-order valence-corrected chi connectivity index (χ1v) is 10.8. The van der Waals surface area contributed by atoms with Gasteiger partial charge < -0.3 is 28.8 Å². The number of rotatable bonds is 7. The Morgan fingerprint density at radius 3 is 2.47 bits per heavy atom. The van der Waals surface area contributed by atoms with Crippen LogP contribution in [0.3, 0.4) is 0 Å². The second-order valence-electron chi connectivity index (χ2n) is 8.11. The van der Waals surface area contributed by atoms with E-state index in [4.69, 9.17) is 23.7 Å². The lowest BCUT2D eigenvalue weighted by Crippen LogP contribution is -2.29. The van der Waals surface area contributed by atoms with Crippen molar-refractivity contribution < 1.29 is 33.6 Å². The predicted molar refractivity (Wildman–Crippen MR) is 123 cm³/mol. The third-order valence-electron chi connectivity index (χ3n) is 5.98. The van der Waals surface area contributed by atoms with Crippen molar-refractivity contribution in [2.24, 2.45) is 0 Å². The summed E-state index contributed by atoms with van der Waals surface area (Å²) >= 11 is 0. The summed E-state index contributed by atoms with van der Waals surface area (Å²) < 4.78 is 27.1. The monoisotopic (exact) mass is 460 g/mol. The number of hydrogen-bond acceptors (Lipinski definition) is 7. The van der Waals surface area contributed by atoms with Crippen LogP contribution in [-0.4, -0.2) is 32.1 Å². The number of methoxy groups -OCH3 is 2. The van der Waals surface area contributed by atoms with Crippen LogP contribution in [0.15, 0.2) is 72.3 Å². The molecule has 0 bridgehead atoms. The largest absolute Gasteiger partial charge is 0.497 e. The summed E-state index contributed by atoms with van der Waals surface area (Å²) in [5.41, 5.74) is 3.66. The molecule has 1 atom stereocenters. The molecule has 174 valence electrons. The molecule has 0 fully saturated rings. The predicted octanol–water partition coefficient (Wildman–Crippen LogP) is 3.97. The lowest BCUT2D eigenvalue weighted by Gasteiger charge is -2.26. The van der Waals surface area contributed by atoms with E-state index in [1.54, 1.807) is 56.7 Å². The number of hydrogen-bond donors (Lipinski definition) is 1. The zero-order chi connectivity index (χ0) is 23.7. The summed E-state index contributed by atoms with van der Waals surface area (Å²) in [6.07, 6.45) is 0.287. The van der Waals surface area contributed by atoms with Crippen molar-refractivity contribution in [1.29, 1.82) is 0 Å². The molecule has 1 N–H and O–H groups in total. The fraction of sp³-hybridized carbons (Fsp3) is 0.222. The molecule has 3 aromatic carbocycles. The summed E-state index contributed by atoms with van der Waals surface area (Å²) in [5, 5.41) is 11.8. The molecule has 7 heteroatoms. The number of aliphatic hydroxyl groups is 1. The minimum Gasteiger partial charge on any atom is -0.497 e. The molecular weight excluding hydrogens is 436 g/mol. The second-order valence-corrected chi connectivity index (χ2v) is 8.11. The molecule has 1 unspecified atom stereocenters. The molecule has 2 aliphatic heterocycles. The molecule has 0 aliphatic carbocycles.